The van der Waals surface area contributed by atoms with Gasteiger partial charge in [-0.1, -0.05) is 24.3 Å². The number of carbonyl (C=O) groups excluding carboxylic acids is 1. The van der Waals surface area contributed by atoms with Crippen LogP contribution in [0.2, 0.25) is 0 Å². The molecule has 1 heterocycles. The fourth-order valence-electron chi connectivity index (χ4n) is 1.98. The van der Waals surface area contributed by atoms with Crippen LogP contribution in [0.3, 0.4) is 0 Å². The summed E-state index contributed by atoms with van der Waals surface area (Å²) in [7, 11) is 0. The molecule has 0 aliphatic carbocycles. The number of carbonyl (C=O) groups is 2. The average molecular weight is 308 g/mol. The number of nitrogens with one attached hydrogen (secondary N) is 1. The van der Waals surface area contributed by atoms with E-state index in [2.05, 4.69) is 10.3 Å². The molecule has 0 saturated heterocycles. The van der Waals surface area contributed by atoms with Gasteiger partial charge in [-0.2, -0.15) is 4.98 Å². The Hall–Kier alpha value is -3.41. The lowest BCUT2D eigenvalue weighted by Crippen LogP contribution is -2.07. The molecule has 0 radical (unpaired) electrons. The summed E-state index contributed by atoms with van der Waals surface area (Å²) >= 11 is 0. The number of benzene rings is 2. The highest BCUT2D eigenvalue weighted by atomic mass is 16.4. The zero-order chi connectivity index (χ0) is 16.2. The smallest absolute Gasteiger partial charge is 0.335 e. The van der Waals surface area contributed by atoms with E-state index in [-0.39, 0.29) is 17.5 Å². The average Bonchev–Trinajstić information content (AvgIpc) is 2.95. The van der Waals surface area contributed by atoms with Crippen molar-refractivity contribution in [2.45, 2.75) is 0 Å². The SMILES string of the molecule is O=C(/C=C/c1ccc(C(=O)O)cc1)Nc1nc2ccccc2o1. The van der Waals surface area contributed by atoms with E-state index in [1.807, 2.05) is 12.1 Å². The molecule has 0 aliphatic heterocycles. The zero-order valence-corrected chi connectivity index (χ0v) is 11.9. The highest BCUT2D eigenvalue weighted by Gasteiger charge is 2.06. The quantitative estimate of drug-likeness (QED) is 0.722. The van der Waals surface area contributed by atoms with Gasteiger partial charge in [-0.25, -0.2) is 4.79 Å². The normalized spacial score (nSPS) is 11.0. The van der Waals surface area contributed by atoms with Gasteiger partial charge in [0.25, 0.3) is 5.91 Å². The number of aromatic carboxylic acids is 1. The standard InChI is InChI=1S/C17H12N2O4/c20-15(10-7-11-5-8-12(9-6-11)16(21)22)19-17-18-13-3-1-2-4-14(13)23-17/h1-10H,(H,21,22)(H,18,19,20)/b10-7+. The van der Waals surface area contributed by atoms with Gasteiger partial charge in [0.2, 0.25) is 0 Å². The molecule has 0 unspecified atom stereocenters. The number of carboxylic acids is 1. The summed E-state index contributed by atoms with van der Waals surface area (Å²) in [6.07, 6.45) is 2.90. The molecule has 2 aromatic carbocycles. The molecule has 0 spiro atoms. The molecule has 0 bridgehead atoms. The zero-order valence-electron chi connectivity index (χ0n) is 11.9. The first-order chi connectivity index (χ1) is 11.1. The lowest BCUT2D eigenvalue weighted by molar-refractivity contribution is -0.112. The Kier molecular flexibility index (Phi) is 3.88. The van der Waals surface area contributed by atoms with Crippen LogP contribution in [0.25, 0.3) is 17.2 Å². The van der Waals surface area contributed by atoms with Crippen LogP contribution in [-0.2, 0) is 4.79 Å². The number of hydrogen-bond acceptors (Lipinski definition) is 4. The van der Waals surface area contributed by atoms with Crippen molar-refractivity contribution in [3.63, 3.8) is 0 Å². The number of carboxylic acid groups (broad SMARTS) is 1. The van der Waals surface area contributed by atoms with Gasteiger partial charge in [0.05, 0.1) is 5.56 Å². The molecule has 3 aromatic rings. The lowest BCUT2D eigenvalue weighted by atomic mass is 10.1. The highest BCUT2D eigenvalue weighted by molar-refractivity contribution is 6.01. The number of nitrogens with zero attached hydrogens (tertiary/aromatic N) is 1. The van der Waals surface area contributed by atoms with Gasteiger partial charge in [0, 0.05) is 6.08 Å². The first-order valence-corrected chi connectivity index (χ1v) is 6.80. The largest absolute Gasteiger partial charge is 0.478 e. The van der Waals surface area contributed by atoms with E-state index >= 15 is 0 Å². The number of anilines is 1. The number of oxazole rings is 1. The van der Waals surface area contributed by atoms with Crippen LogP contribution in [0.4, 0.5) is 6.01 Å². The number of rotatable bonds is 4. The Morgan fingerprint density at radius 2 is 1.83 bits per heavy atom. The molecular formula is C17H12N2O4. The van der Waals surface area contributed by atoms with Crippen molar-refractivity contribution < 1.29 is 19.1 Å². The summed E-state index contributed by atoms with van der Waals surface area (Å²) in [6.45, 7) is 0. The maximum Gasteiger partial charge on any atom is 0.335 e. The first-order valence-electron chi connectivity index (χ1n) is 6.80. The first kappa shape index (κ1) is 14.5. The van der Waals surface area contributed by atoms with E-state index in [0.29, 0.717) is 16.7 Å². The monoisotopic (exact) mass is 308 g/mol. The van der Waals surface area contributed by atoms with Crippen LogP contribution in [0.1, 0.15) is 15.9 Å². The second-order valence-electron chi connectivity index (χ2n) is 4.74. The topological polar surface area (TPSA) is 92.4 Å². The summed E-state index contributed by atoms with van der Waals surface area (Å²) < 4.78 is 5.39. The molecule has 1 amide bonds. The van der Waals surface area contributed by atoms with Gasteiger partial charge in [-0.3, -0.25) is 10.1 Å². The molecular weight excluding hydrogens is 296 g/mol. The fourth-order valence-corrected chi connectivity index (χ4v) is 1.98. The molecule has 0 saturated carbocycles. The van der Waals surface area contributed by atoms with Crippen molar-refractivity contribution in [2.24, 2.45) is 0 Å². The number of fused-ring (bicyclic) bond motifs is 1. The summed E-state index contributed by atoms with van der Waals surface area (Å²) in [5.74, 6) is -1.38. The molecule has 6 nitrogen and oxygen atoms in total. The Morgan fingerprint density at radius 3 is 2.52 bits per heavy atom. The Labute approximate surface area is 131 Å². The number of aromatic nitrogens is 1. The van der Waals surface area contributed by atoms with Crippen molar-refractivity contribution in [1.29, 1.82) is 0 Å². The molecule has 23 heavy (non-hydrogen) atoms. The highest BCUT2D eigenvalue weighted by Crippen LogP contribution is 2.18. The molecule has 0 fully saturated rings. The summed E-state index contributed by atoms with van der Waals surface area (Å²) in [5.41, 5.74) is 2.16. The van der Waals surface area contributed by atoms with Crippen LogP contribution in [0.5, 0.6) is 0 Å². The molecule has 0 aliphatic rings. The second-order valence-corrected chi connectivity index (χ2v) is 4.74. The van der Waals surface area contributed by atoms with E-state index in [4.69, 9.17) is 9.52 Å². The third-order valence-corrected chi connectivity index (χ3v) is 3.11. The number of amides is 1. The van der Waals surface area contributed by atoms with Crippen molar-refractivity contribution in [2.75, 3.05) is 5.32 Å². The lowest BCUT2D eigenvalue weighted by Gasteiger charge is -1.97. The minimum atomic E-state index is -0.991. The molecule has 3 rings (SSSR count). The minimum absolute atomic E-state index is 0.127. The minimum Gasteiger partial charge on any atom is -0.478 e. The Morgan fingerprint density at radius 1 is 1.09 bits per heavy atom. The van der Waals surface area contributed by atoms with E-state index < -0.39 is 5.97 Å². The Bertz CT molecular complexity index is 861. The van der Waals surface area contributed by atoms with Gasteiger partial charge < -0.3 is 9.52 Å². The van der Waals surface area contributed by atoms with Crippen LogP contribution in [0.15, 0.2) is 59.0 Å². The van der Waals surface area contributed by atoms with E-state index in [1.54, 1.807) is 30.3 Å². The van der Waals surface area contributed by atoms with Gasteiger partial charge in [-0.15, -0.1) is 0 Å². The molecule has 2 N–H and O–H groups in total. The van der Waals surface area contributed by atoms with Gasteiger partial charge >= 0.3 is 12.0 Å². The van der Waals surface area contributed by atoms with Crippen LogP contribution >= 0.6 is 0 Å². The predicted octanol–water partition coefficient (Wildman–Crippen LogP) is 3.18. The van der Waals surface area contributed by atoms with Crippen molar-refractivity contribution in [1.82, 2.24) is 4.98 Å². The molecule has 114 valence electrons. The van der Waals surface area contributed by atoms with Crippen LogP contribution in [-0.4, -0.2) is 22.0 Å². The third kappa shape index (κ3) is 3.44. The van der Waals surface area contributed by atoms with E-state index in [9.17, 15) is 9.59 Å². The molecule has 6 heteroatoms. The van der Waals surface area contributed by atoms with Gasteiger partial charge in [0.15, 0.2) is 5.58 Å². The number of para-hydroxylation sites is 2. The predicted molar refractivity (Wildman–Crippen MR) is 85.1 cm³/mol. The van der Waals surface area contributed by atoms with Crippen molar-refractivity contribution in [3.8, 4) is 0 Å². The summed E-state index contributed by atoms with van der Waals surface area (Å²) in [5, 5.41) is 11.4. The molecule has 1 aromatic heterocycles. The van der Waals surface area contributed by atoms with E-state index in [0.717, 1.165) is 0 Å². The van der Waals surface area contributed by atoms with Crippen LogP contribution in [0, 0.1) is 0 Å². The van der Waals surface area contributed by atoms with E-state index in [1.165, 1.54) is 18.2 Å². The Balaban J connectivity index is 1.67. The van der Waals surface area contributed by atoms with Crippen molar-refractivity contribution in [3.05, 3.63) is 65.7 Å². The van der Waals surface area contributed by atoms with Gasteiger partial charge in [0.1, 0.15) is 5.52 Å². The third-order valence-electron chi connectivity index (χ3n) is 3.11. The summed E-state index contributed by atoms with van der Waals surface area (Å²) in [4.78, 5) is 26.7. The summed E-state index contributed by atoms with van der Waals surface area (Å²) in [6, 6.07) is 13.5. The second kappa shape index (κ2) is 6.15. The van der Waals surface area contributed by atoms with Crippen LogP contribution < -0.4 is 5.32 Å². The van der Waals surface area contributed by atoms with Crippen molar-refractivity contribution >= 4 is 35.1 Å². The molecule has 0 atom stereocenters. The maximum absolute atomic E-state index is 11.8. The maximum atomic E-state index is 11.8. The fraction of sp³-hybridized carbons (Fsp3) is 0. The number of hydrogen-bond donors (Lipinski definition) is 2. The van der Waals surface area contributed by atoms with Gasteiger partial charge in [-0.05, 0) is 35.9 Å².